The number of hydrogen-bond acceptors (Lipinski definition) is 8. The van der Waals surface area contributed by atoms with Crippen molar-refractivity contribution in [2.45, 2.75) is 23.2 Å². The van der Waals surface area contributed by atoms with Crippen LogP contribution in [0.2, 0.25) is 0 Å². The number of piperidine rings is 1. The van der Waals surface area contributed by atoms with E-state index in [1.807, 2.05) is 0 Å². The quantitative estimate of drug-likeness (QED) is 0.729. The molecule has 0 bridgehead atoms. The van der Waals surface area contributed by atoms with Gasteiger partial charge < -0.3 is 10.4 Å². The Bertz CT molecular complexity index is 832. The first kappa shape index (κ1) is 16.0. The molecule has 9 heteroatoms. The van der Waals surface area contributed by atoms with E-state index in [1.54, 1.807) is 53.5 Å². The van der Waals surface area contributed by atoms with E-state index in [0.717, 1.165) is 25.9 Å². The van der Waals surface area contributed by atoms with Crippen LogP contribution in [-0.4, -0.2) is 53.2 Å². The second-order valence-electron chi connectivity index (χ2n) is 5.72. The second-order valence-corrected chi connectivity index (χ2v) is 6.99. The Kier molecular flexibility index (Phi) is 4.57. The summed E-state index contributed by atoms with van der Waals surface area (Å²) in [6.45, 7) is 2.07. The molecule has 1 saturated heterocycles. The molecule has 3 aromatic rings. The Labute approximate surface area is 148 Å². The average molecular weight is 355 g/mol. The summed E-state index contributed by atoms with van der Waals surface area (Å²) in [4.78, 5) is 12.7. The second kappa shape index (κ2) is 7.16. The van der Waals surface area contributed by atoms with E-state index >= 15 is 0 Å². The largest absolute Gasteiger partial charge is 0.507 e. The highest BCUT2D eigenvalue weighted by molar-refractivity contribution is 7.99. The van der Waals surface area contributed by atoms with E-state index in [-0.39, 0.29) is 5.75 Å². The molecular weight excluding hydrogens is 338 g/mol. The van der Waals surface area contributed by atoms with Gasteiger partial charge in [-0.05, 0) is 25.9 Å². The van der Waals surface area contributed by atoms with E-state index in [2.05, 4.69) is 30.5 Å². The lowest BCUT2D eigenvalue weighted by Gasteiger charge is -2.20. The number of thioether (sulfide) groups is 1. The Morgan fingerprint density at radius 3 is 2.72 bits per heavy atom. The van der Waals surface area contributed by atoms with Gasteiger partial charge in [0.25, 0.3) is 0 Å². The fraction of sp³-hybridized carbons (Fsp3) is 0.312. The monoisotopic (exact) mass is 355 g/mol. The summed E-state index contributed by atoms with van der Waals surface area (Å²) in [7, 11) is 0. The van der Waals surface area contributed by atoms with Crippen LogP contribution >= 0.6 is 11.8 Å². The molecule has 2 N–H and O–H groups in total. The predicted molar refractivity (Wildman–Crippen MR) is 93.6 cm³/mol. The molecular formula is C16H17N7OS. The first-order chi connectivity index (χ1) is 12.3. The molecule has 0 unspecified atom stereocenters. The first-order valence-corrected chi connectivity index (χ1v) is 8.92. The number of nitrogens with one attached hydrogen (secondary N) is 1. The molecule has 1 fully saturated rings. The molecule has 8 nitrogen and oxygen atoms in total. The number of hydrogen-bond donors (Lipinski definition) is 2. The topological polar surface area (TPSA) is 102 Å². The van der Waals surface area contributed by atoms with Crippen LogP contribution in [0.15, 0.2) is 42.3 Å². The van der Waals surface area contributed by atoms with Crippen molar-refractivity contribution >= 4 is 11.8 Å². The summed E-state index contributed by atoms with van der Waals surface area (Å²) in [6.07, 6.45) is 10.4. The van der Waals surface area contributed by atoms with Gasteiger partial charge >= 0.3 is 0 Å². The molecule has 0 amide bonds. The van der Waals surface area contributed by atoms with Gasteiger partial charge in [0, 0.05) is 29.9 Å². The minimum absolute atomic E-state index is 0.0774. The predicted octanol–water partition coefficient (Wildman–Crippen LogP) is 1.67. The summed E-state index contributed by atoms with van der Waals surface area (Å²) in [5, 5.41) is 23.2. The number of rotatable bonds is 4. The molecule has 128 valence electrons. The van der Waals surface area contributed by atoms with Crippen LogP contribution in [0.3, 0.4) is 0 Å². The molecule has 25 heavy (non-hydrogen) atoms. The van der Waals surface area contributed by atoms with Crippen LogP contribution in [0, 0.1) is 0 Å². The van der Waals surface area contributed by atoms with E-state index in [9.17, 15) is 5.11 Å². The molecule has 3 aromatic heterocycles. The molecule has 1 aliphatic heterocycles. The molecule has 4 rings (SSSR count). The van der Waals surface area contributed by atoms with Crippen molar-refractivity contribution in [2.24, 2.45) is 0 Å². The van der Waals surface area contributed by atoms with E-state index in [1.165, 1.54) is 0 Å². The van der Waals surface area contributed by atoms with Crippen molar-refractivity contribution in [3.8, 4) is 22.8 Å². The van der Waals surface area contributed by atoms with Gasteiger partial charge in [0.05, 0.1) is 11.8 Å². The smallest absolute Gasteiger partial charge is 0.209 e. The molecule has 0 radical (unpaired) electrons. The summed E-state index contributed by atoms with van der Waals surface area (Å²) < 4.78 is 1.71. The average Bonchev–Trinajstić information content (AvgIpc) is 3.18. The maximum atomic E-state index is 10.3. The molecule has 0 spiro atoms. The van der Waals surface area contributed by atoms with E-state index in [4.69, 9.17) is 0 Å². The normalized spacial score (nSPS) is 15.4. The Hall–Kier alpha value is -2.52. The van der Waals surface area contributed by atoms with Crippen molar-refractivity contribution in [2.75, 3.05) is 13.1 Å². The molecule has 1 aliphatic rings. The maximum Gasteiger partial charge on any atom is 0.209 e. The van der Waals surface area contributed by atoms with Gasteiger partial charge in [0.2, 0.25) is 5.16 Å². The fourth-order valence-corrected chi connectivity index (χ4v) is 3.64. The van der Waals surface area contributed by atoms with Crippen molar-refractivity contribution in [3.63, 3.8) is 0 Å². The fourth-order valence-electron chi connectivity index (χ4n) is 2.67. The van der Waals surface area contributed by atoms with Crippen LogP contribution in [-0.2, 0) is 0 Å². The van der Waals surface area contributed by atoms with E-state index in [0.29, 0.717) is 27.5 Å². The zero-order valence-corrected chi connectivity index (χ0v) is 14.2. The van der Waals surface area contributed by atoms with E-state index < -0.39 is 0 Å². The lowest BCUT2D eigenvalue weighted by molar-refractivity contribution is 0.475. The Morgan fingerprint density at radius 2 is 2.04 bits per heavy atom. The third kappa shape index (κ3) is 3.62. The van der Waals surface area contributed by atoms with Gasteiger partial charge in [-0.1, -0.05) is 11.8 Å². The summed E-state index contributed by atoms with van der Waals surface area (Å²) in [6, 6.07) is 1.57. The van der Waals surface area contributed by atoms with Crippen molar-refractivity contribution in [1.82, 2.24) is 35.0 Å². The van der Waals surface area contributed by atoms with Gasteiger partial charge in [-0.2, -0.15) is 0 Å². The highest BCUT2D eigenvalue weighted by atomic mass is 32.2. The Balaban J connectivity index is 1.51. The SMILES string of the molecule is Oc1cc(-n2ccnc2)ncc1-c1cnc(SC2CCNCC2)nn1. The Morgan fingerprint density at radius 1 is 1.16 bits per heavy atom. The molecule has 0 aliphatic carbocycles. The highest BCUT2D eigenvalue weighted by Crippen LogP contribution is 2.29. The number of aromatic nitrogens is 6. The highest BCUT2D eigenvalue weighted by Gasteiger charge is 2.16. The lowest BCUT2D eigenvalue weighted by atomic mass is 10.2. The van der Waals surface area contributed by atoms with Crippen LogP contribution in [0.1, 0.15) is 12.8 Å². The third-order valence-corrected chi connectivity index (χ3v) is 5.21. The van der Waals surface area contributed by atoms with Gasteiger partial charge in [0.15, 0.2) is 0 Å². The number of pyridine rings is 1. The maximum absolute atomic E-state index is 10.3. The summed E-state index contributed by atoms with van der Waals surface area (Å²) in [5.41, 5.74) is 0.999. The summed E-state index contributed by atoms with van der Waals surface area (Å²) in [5.74, 6) is 0.659. The van der Waals surface area contributed by atoms with Crippen LogP contribution in [0.25, 0.3) is 17.1 Å². The van der Waals surface area contributed by atoms with Gasteiger partial charge in [-0.3, -0.25) is 4.57 Å². The molecule has 0 aromatic carbocycles. The van der Waals surface area contributed by atoms with Crippen molar-refractivity contribution in [1.29, 1.82) is 0 Å². The molecule has 0 atom stereocenters. The van der Waals surface area contributed by atoms with Crippen LogP contribution in [0.5, 0.6) is 5.75 Å². The van der Waals surface area contributed by atoms with Gasteiger partial charge in [-0.25, -0.2) is 15.0 Å². The molecule has 0 saturated carbocycles. The van der Waals surface area contributed by atoms with Gasteiger partial charge in [-0.15, -0.1) is 10.2 Å². The number of aromatic hydroxyl groups is 1. The third-order valence-electron chi connectivity index (χ3n) is 4.01. The standard InChI is InChI=1S/C16H17N7OS/c24-14-7-15(23-6-5-18-10-23)19-8-12(14)13-9-20-16(22-21-13)25-11-1-3-17-4-2-11/h5-11,17H,1-4H2,(H,19,24). The van der Waals surface area contributed by atoms with Crippen LogP contribution < -0.4 is 5.32 Å². The van der Waals surface area contributed by atoms with Gasteiger partial charge in [0.1, 0.15) is 23.6 Å². The van der Waals surface area contributed by atoms with Crippen LogP contribution in [0.4, 0.5) is 0 Å². The van der Waals surface area contributed by atoms with Crippen molar-refractivity contribution < 1.29 is 5.11 Å². The number of imidazole rings is 1. The summed E-state index contributed by atoms with van der Waals surface area (Å²) >= 11 is 1.66. The minimum atomic E-state index is 0.0774. The number of nitrogens with zero attached hydrogens (tertiary/aromatic N) is 6. The zero-order valence-electron chi connectivity index (χ0n) is 13.4. The molecule has 4 heterocycles. The van der Waals surface area contributed by atoms with Crippen molar-refractivity contribution in [3.05, 3.63) is 37.2 Å². The zero-order chi connectivity index (χ0) is 17.1. The first-order valence-electron chi connectivity index (χ1n) is 8.04. The minimum Gasteiger partial charge on any atom is -0.507 e. The lowest BCUT2D eigenvalue weighted by Crippen LogP contribution is -2.29.